The Labute approximate surface area is 163 Å². The zero-order chi connectivity index (χ0) is 20.1. The van der Waals surface area contributed by atoms with Crippen LogP contribution in [-0.4, -0.2) is 52.8 Å². The molecule has 3 rings (SSSR count). The molecule has 0 unspecified atom stereocenters. The summed E-state index contributed by atoms with van der Waals surface area (Å²) in [5.74, 6) is -0.383. The lowest BCUT2D eigenvalue weighted by Gasteiger charge is -2.30. The van der Waals surface area contributed by atoms with E-state index >= 15 is 0 Å². The summed E-state index contributed by atoms with van der Waals surface area (Å²) in [4.78, 5) is 26.5. The van der Waals surface area contributed by atoms with Gasteiger partial charge in [0.1, 0.15) is 11.6 Å². The first kappa shape index (κ1) is 20.0. The number of likely N-dealkylation sites (tertiary alicyclic amines) is 1. The molecule has 0 saturated carbocycles. The molecule has 1 aromatic carbocycles. The minimum absolute atomic E-state index is 0.184. The summed E-state index contributed by atoms with van der Waals surface area (Å²) in [6.07, 6.45) is 1.64. The fraction of sp³-hybridized carbons (Fsp3) is 0.450. The van der Waals surface area contributed by atoms with Crippen LogP contribution in [0.15, 0.2) is 30.3 Å². The summed E-state index contributed by atoms with van der Waals surface area (Å²) in [7, 11) is 0. The Morgan fingerprint density at radius 2 is 2.07 bits per heavy atom. The molecule has 0 spiro atoms. The van der Waals surface area contributed by atoms with Crippen molar-refractivity contribution in [3.63, 3.8) is 0 Å². The zero-order valence-corrected chi connectivity index (χ0v) is 16.2. The molecule has 8 heteroatoms. The third-order valence-corrected chi connectivity index (χ3v) is 4.66. The summed E-state index contributed by atoms with van der Waals surface area (Å²) in [5, 5.41) is 7.24. The number of piperidine rings is 1. The molecule has 0 aliphatic carbocycles. The molecule has 7 nitrogen and oxygen atoms in total. The van der Waals surface area contributed by atoms with Crippen LogP contribution < -0.4 is 5.32 Å². The Kier molecular flexibility index (Phi) is 6.41. The molecule has 1 amide bonds. The molecular weight excluding hydrogens is 363 g/mol. The number of ether oxygens (including phenoxy) is 1. The van der Waals surface area contributed by atoms with Gasteiger partial charge in [-0.15, -0.1) is 0 Å². The van der Waals surface area contributed by atoms with Gasteiger partial charge in [-0.2, -0.15) is 5.10 Å². The number of halogens is 1. The number of aromatic nitrogens is 2. The molecule has 1 saturated heterocycles. The Morgan fingerprint density at radius 1 is 1.32 bits per heavy atom. The SMILES string of the molecule is CCOC(=O)[C@H]1CCCN(CC(=O)Nc2cc(C)nn2-c2ccc(F)cc2)C1. The molecule has 1 aliphatic heterocycles. The van der Waals surface area contributed by atoms with Crippen LogP contribution in [0.3, 0.4) is 0 Å². The molecular formula is C20H25FN4O3. The van der Waals surface area contributed by atoms with Crippen LogP contribution in [0.2, 0.25) is 0 Å². The van der Waals surface area contributed by atoms with Crippen molar-refractivity contribution in [2.75, 3.05) is 31.6 Å². The largest absolute Gasteiger partial charge is 0.466 e. The predicted octanol–water partition coefficient (Wildman–Crippen LogP) is 2.53. The maximum absolute atomic E-state index is 13.2. The highest BCUT2D eigenvalue weighted by Gasteiger charge is 2.28. The fourth-order valence-corrected chi connectivity index (χ4v) is 3.40. The minimum atomic E-state index is -0.334. The number of amides is 1. The lowest BCUT2D eigenvalue weighted by Crippen LogP contribution is -2.43. The number of anilines is 1. The van der Waals surface area contributed by atoms with E-state index in [1.165, 1.54) is 12.1 Å². The maximum Gasteiger partial charge on any atom is 0.310 e. The normalized spacial score (nSPS) is 17.3. The predicted molar refractivity (Wildman–Crippen MR) is 103 cm³/mol. The van der Waals surface area contributed by atoms with E-state index in [9.17, 15) is 14.0 Å². The highest BCUT2D eigenvalue weighted by atomic mass is 19.1. The van der Waals surface area contributed by atoms with Crippen LogP contribution in [0.5, 0.6) is 0 Å². The van der Waals surface area contributed by atoms with Gasteiger partial charge in [-0.1, -0.05) is 0 Å². The van der Waals surface area contributed by atoms with Crippen LogP contribution in [0.25, 0.3) is 5.69 Å². The summed E-state index contributed by atoms with van der Waals surface area (Å²) in [6.45, 7) is 5.44. The van der Waals surface area contributed by atoms with Gasteiger partial charge in [-0.3, -0.25) is 14.5 Å². The van der Waals surface area contributed by atoms with Crippen molar-refractivity contribution in [3.05, 3.63) is 41.8 Å². The highest BCUT2D eigenvalue weighted by molar-refractivity contribution is 5.91. The molecule has 1 atom stereocenters. The van der Waals surface area contributed by atoms with Crippen molar-refractivity contribution in [2.45, 2.75) is 26.7 Å². The van der Waals surface area contributed by atoms with Crippen molar-refractivity contribution < 1.29 is 18.7 Å². The number of esters is 1. The summed E-state index contributed by atoms with van der Waals surface area (Å²) < 4.78 is 19.9. The number of nitrogens with one attached hydrogen (secondary N) is 1. The third-order valence-electron chi connectivity index (χ3n) is 4.66. The first-order chi connectivity index (χ1) is 13.5. The summed E-state index contributed by atoms with van der Waals surface area (Å²) >= 11 is 0. The third kappa shape index (κ3) is 4.95. The molecule has 150 valence electrons. The number of rotatable bonds is 6. The summed E-state index contributed by atoms with van der Waals surface area (Å²) in [6, 6.07) is 7.67. The highest BCUT2D eigenvalue weighted by Crippen LogP contribution is 2.20. The van der Waals surface area contributed by atoms with Gasteiger partial charge >= 0.3 is 5.97 Å². The van der Waals surface area contributed by atoms with Crippen molar-refractivity contribution >= 4 is 17.7 Å². The minimum Gasteiger partial charge on any atom is -0.466 e. The number of hydrogen-bond acceptors (Lipinski definition) is 5. The molecule has 1 aliphatic rings. The Hall–Kier alpha value is -2.74. The lowest BCUT2D eigenvalue weighted by molar-refractivity contribution is -0.150. The van der Waals surface area contributed by atoms with E-state index in [-0.39, 0.29) is 30.2 Å². The van der Waals surface area contributed by atoms with E-state index in [0.717, 1.165) is 25.1 Å². The molecule has 2 aromatic rings. The van der Waals surface area contributed by atoms with Crippen LogP contribution in [0, 0.1) is 18.7 Å². The number of carbonyl (C=O) groups is 2. The van der Waals surface area contributed by atoms with Crippen LogP contribution in [0.4, 0.5) is 10.2 Å². The number of nitrogens with zero attached hydrogens (tertiary/aromatic N) is 3. The number of aryl methyl sites for hydroxylation is 1. The Balaban J connectivity index is 1.64. The van der Waals surface area contributed by atoms with Crippen molar-refractivity contribution in [3.8, 4) is 5.69 Å². The number of carbonyl (C=O) groups excluding carboxylic acids is 2. The quantitative estimate of drug-likeness (QED) is 0.770. The molecule has 0 bridgehead atoms. The zero-order valence-electron chi connectivity index (χ0n) is 16.2. The van der Waals surface area contributed by atoms with E-state index < -0.39 is 0 Å². The van der Waals surface area contributed by atoms with E-state index in [4.69, 9.17) is 4.74 Å². The number of benzene rings is 1. The van der Waals surface area contributed by atoms with Crippen LogP contribution in [-0.2, 0) is 14.3 Å². The van der Waals surface area contributed by atoms with Gasteiger partial charge < -0.3 is 10.1 Å². The second kappa shape index (κ2) is 8.97. The van der Waals surface area contributed by atoms with Crippen LogP contribution in [0.1, 0.15) is 25.5 Å². The average Bonchev–Trinajstić information content (AvgIpc) is 3.02. The van der Waals surface area contributed by atoms with Gasteiger partial charge in [-0.05, 0) is 57.5 Å². The molecule has 0 radical (unpaired) electrons. The Morgan fingerprint density at radius 3 is 2.79 bits per heavy atom. The standard InChI is InChI=1S/C20H25FN4O3/c1-3-28-20(27)15-5-4-10-24(12-15)13-19(26)22-18-11-14(2)23-25(18)17-8-6-16(21)7-9-17/h6-9,11,15H,3-5,10,12-13H2,1-2H3,(H,22,26)/t15-/m0/s1. The van der Waals surface area contributed by atoms with Gasteiger partial charge in [0.05, 0.1) is 30.5 Å². The second-order valence-electron chi connectivity index (χ2n) is 6.93. The van der Waals surface area contributed by atoms with Gasteiger partial charge in [0, 0.05) is 12.6 Å². The van der Waals surface area contributed by atoms with Gasteiger partial charge in [-0.25, -0.2) is 9.07 Å². The van der Waals surface area contributed by atoms with Gasteiger partial charge in [0.15, 0.2) is 0 Å². The van der Waals surface area contributed by atoms with E-state index in [1.54, 1.807) is 29.8 Å². The van der Waals surface area contributed by atoms with Gasteiger partial charge in [0.2, 0.25) is 5.91 Å². The molecule has 1 N–H and O–H groups in total. The van der Waals surface area contributed by atoms with Gasteiger partial charge in [0.25, 0.3) is 0 Å². The van der Waals surface area contributed by atoms with E-state index in [0.29, 0.717) is 24.7 Å². The second-order valence-corrected chi connectivity index (χ2v) is 6.93. The Bertz CT molecular complexity index is 834. The average molecular weight is 388 g/mol. The maximum atomic E-state index is 13.2. The molecule has 28 heavy (non-hydrogen) atoms. The first-order valence-corrected chi connectivity index (χ1v) is 9.47. The fourth-order valence-electron chi connectivity index (χ4n) is 3.40. The van der Waals surface area contributed by atoms with Crippen molar-refractivity contribution in [1.29, 1.82) is 0 Å². The van der Waals surface area contributed by atoms with Crippen molar-refractivity contribution in [1.82, 2.24) is 14.7 Å². The molecule has 1 fully saturated rings. The van der Waals surface area contributed by atoms with Crippen LogP contribution >= 0.6 is 0 Å². The smallest absolute Gasteiger partial charge is 0.310 e. The molecule has 2 heterocycles. The molecule has 1 aromatic heterocycles. The first-order valence-electron chi connectivity index (χ1n) is 9.47. The van der Waals surface area contributed by atoms with Crippen molar-refractivity contribution in [2.24, 2.45) is 5.92 Å². The van der Waals surface area contributed by atoms with E-state index in [1.807, 2.05) is 11.8 Å². The summed E-state index contributed by atoms with van der Waals surface area (Å²) in [5.41, 5.74) is 1.39. The number of hydrogen-bond donors (Lipinski definition) is 1. The van der Waals surface area contributed by atoms with E-state index in [2.05, 4.69) is 10.4 Å². The lowest BCUT2D eigenvalue weighted by atomic mass is 9.98. The topological polar surface area (TPSA) is 76.5 Å². The monoisotopic (exact) mass is 388 g/mol.